The van der Waals surface area contributed by atoms with Crippen molar-refractivity contribution in [1.29, 1.82) is 0 Å². The van der Waals surface area contributed by atoms with Gasteiger partial charge in [0.05, 0.1) is 18.5 Å². The molecule has 0 amide bonds. The lowest BCUT2D eigenvalue weighted by atomic mass is 10.0. The molecule has 0 atom stereocenters. The van der Waals surface area contributed by atoms with Crippen LogP contribution in [0.25, 0.3) is 33.6 Å². The third kappa shape index (κ3) is 3.47. The minimum Gasteiger partial charge on any atom is -0.504 e. The number of aromatic hydroxyl groups is 1. The molecule has 0 saturated heterocycles. The van der Waals surface area contributed by atoms with Crippen LogP contribution in [-0.2, 0) is 0 Å². The van der Waals surface area contributed by atoms with Crippen molar-refractivity contribution in [2.75, 3.05) is 7.11 Å². The Morgan fingerprint density at radius 3 is 2.41 bits per heavy atom. The van der Waals surface area contributed by atoms with E-state index in [4.69, 9.17) is 4.74 Å². The predicted octanol–water partition coefficient (Wildman–Crippen LogP) is 4.55. The van der Waals surface area contributed by atoms with Gasteiger partial charge in [0, 0.05) is 5.56 Å². The van der Waals surface area contributed by atoms with E-state index < -0.39 is 5.69 Å². The zero-order valence-electron chi connectivity index (χ0n) is 14.5. The van der Waals surface area contributed by atoms with Crippen molar-refractivity contribution in [3.8, 4) is 45.1 Å². The molecule has 4 rings (SSSR count). The van der Waals surface area contributed by atoms with E-state index in [-0.39, 0.29) is 5.75 Å². The van der Waals surface area contributed by atoms with Gasteiger partial charge in [0.25, 0.3) is 0 Å². The highest BCUT2D eigenvalue weighted by molar-refractivity contribution is 7.08. The maximum atomic E-state index is 12.1. The molecule has 0 radical (unpaired) electrons. The van der Waals surface area contributed by atoms with Crippen molar-refractivity contribution in [3.05, 3.63) is 75.8 Å². The molecule has 27 heavy (non-hydrogen) atoms. The molecule has 2 N–H and O–H groups in total. The first-order valence-electron chi connectivity index (χ1n) is 8.26. The number of methoxy groups -OCH3 is 1. The van der Waals surface area contributed by atoms with Gasteiger partial charge in [-0.15, -0.1) is 0 Å². The number of H-pyrrole nitrogens is 1. The molecule has 134 valence electrons. The number of rotatable bonds is 4. The molecule has 0 aliphatic carbocycles. The normalized spacial score (nSPS) is 10.7. The Kier molecular flexibility index (Phi) is 4.48. The number of benzene rings is 2. The lowest BCUT2D eigenvalue weighted by Crippen LogP contribution is -2.11. The summed E-state index contributed by atoms with van der Waals surface area (Å²) in [5.74, 6) is 0.367. The van der Waals surface area contributed by atoms with Crippen LogP contribution in [0.1, 0.15) is 0 Å². The van der Waals surface area contributed by atoms with Crippen LogP contribution in [0.2, 0.25) is 0 Å². The van der Waals surface area contributed by atoms with Gasteiger partial charge in [-0.05, 0) is 57.8 Å². The van der Waals surface area contributed by atoms with Crippen molar-refractivity contribution in [3.63, 3.8) is 0 Å². The quantitative estimate of drug-likeness (QED) is 0.548. The Morgan fingerprint density at radius 1 is 0.963 bits per heavy atom. The molecule has 2 aromatic heterocycles. The molecule has 0 unspecified atom stereocenters. The number of hydrogen-bond donors (Lipinski definition) is 2. The van der Waals surface area contributed by atoms with Crippen molar-refractivity contribution in [2.45, 2.75) is 0 Å². The summed E-state index contributed by atoms with van der Waals surface area (Å²) in [6, 6.07) is 16.8. The van der Waals surface area contributed by atoms with Gasteiger partial charge in [-0.1, -0.05) is 24.3 Å². The van der Waals surface area contributed by atoms with Gasteiger partial charge in [0.15, 0.2) is 11.5 Å². The molecule has 0 fully saturated rings. The molecule has 0 bridgehead atoms. The summed E-state index contributed by atoms with van der Waals surface area (Å²) in [7, 11) is 1.48. The molecule has 6 heteroatoms. The number of aromatic amines is 1. The number of phenols is 1. The average molecular weight is 376 g/mol. The van der Waals surface area contributed by atoms with Crippen molar-refractivity contribution < 1.29 is 9.84 Å². The van der Waals surface area contributed by atoms with Gasteiger partial charge < -0.3 is 14.8 Å². The van der Waals surface area contributed by atoms with Crippen molar-refractivity contribution >= 4 is 11.3 Å². The summed E-state index contributed by atoms with van der Waals surface area (Å²) in [5.41, 5.74) is 4.62. The van der Waals surface area contributed by atoms with E-state index in [1.165, 1.54) is 18.7 Å². The second-order valence-corrected chi connectivity index (χ2v) is 6.74. The number of hydrogen-bond acceptors (Lipinski definition) is 5. The minimum atomic E-state index is -0.434. The van der Waals surface area contributed by atoms with Gasteiger partial charge >= 0.3 is 5.69 Å². The standard InChI is InChI=1S/C21H16N2O3S/c1-26-20-10-15(6-7-19(20)24)18-11-17(22-21(25)23-18)14-4-2-13(3-5-14)16-8-9-27-12-16/h2-12,24H,1H3,(H,22,23,25). The Hall–Kier alpha value is -3.38. The SMILES string of the molecule is COc1cc(-c2cc(-c3ccc(-c4ccsc4)cc3)[nH]c(=O)n2)ccc1O. The third-order valence-corrected chi connectivity index (χ3v) is 4.95. The summed E-state index contributed by atoms with van der Waals surface area (Å²) in [5, 5.41) is 13.9. The fourth-order valence-electron chi connectivity index (χ4n) is 2.87. The molecule has 0 aliphatic rings. The van der Waals surface area contributed by atoms with Crippen molar-refractivity contribution in [1.82, 2.24) is 9.97 Å². The van der Waals surface area contributed by atoms with Crippen molar-refractivity contribution in [2.24, 2.45) is 0 Å². The van der Waals surface area contributed by atoms with Gasteiger partial charge in [-0.25, -0.2) is 4.79 Å². The molecule has 4 aromatic rings. The number of aromatic nitrogens is 2. The molecule has 0 saturated carbocycles. The number of ether oxygens (including phenoxy) is 1. The monoisotopic (exact) mass is 376 g/mol. The highest BCUT2D eigenvalue weighted by atomic mass is 32.1. The van der Waals surface area contributed by atoms with E-state index in [1.807, 2.05) is 35.7 Å². The van der Waals surface area contributed by atoms with E-state index >= 15 is 0 Å². The molecule has 0 spiro atoms. The van der Waals surface area contributed by atoms with E-state index in [0.29, 0.717) is 22.7 Å². The summed E-state index contributed by atoms with van der Waals surface area (Å²) < 4.78 is 5.14. The molecule has 0 aliphatic heterocycles. The minimum absolute atomic E-state index is 0.0373. The number of thiophene rings is 1. The second-order valence-electron chi connectivity index (χ2n) is 5.96. The molecular formula is C21H16N2O3S. The van der Waals surface area contributed by atoms with E-state index in [9.17, 15) is 9.90 Å². The van der Waals surface area contributed by atoms with Gasteiger partial charge in [-0.3, -0.25) is 0 Å². The molecule has 2 heterocycles. The Morgan fingerprint density at radius 2 is 1.70 bits per heavy atom. The fraction of sp³-hybridized carbons (Fsp3) is 0.0476. The maximum Gasteiger partial charge on any atom is 0.345 e. The van der Waals surface area contributed by atoms with Crippen LogP contribution < -0.4 is 10.4 Å². The Labute approximate surface area is 159 Å². The third-order valence-electron chi connectivity index (χ3n) is 4.27. The fourth-order valence-corrected chi connectivity index (χ4v) is 3.53. The first-order chi connectivity index (χ1) is 13.1. The molecular weight excluding hydrogens is 360 g/mol. The van der Waals surface area contributed by atoms with Gasteiger partial charge in [0.2, 0.25) is 0 Å². The zero-order chi connectivity index (χ0) is 18.8. The van der Waals surface area contributed by atoms with E-state index in [1.54, 1.807) is 23.5 Å². The maximum absolute atomic E-state index is 12.1. The average Bonchev–Trinajstić information content (AvgIpc) is 3.23. The highest BCUT2D eigenvalue weighted by Gasteiger charge is 2.09. The van der Waals surface area contributed by atoms with Crippen LogP contribution in [0.15, 0.2) is 70.2 Å². The summed E-state index contributed by atoms with van der Waals surface area (Å²) in [6.07, 6.45) is 0. The largest absolute Gasteiger partial charge is 0.504 e. The van der Waals surface area contributed by atoms with E-state index in [0.717, 1.165) is 11.1 Å². The van der Waals surface area contributed by atoms with Gasteiger partial charge in [-0.2, -0.15) is 16.3 Å². The smallest absolute Gasteiger partial charge is 0.345 e. The lowest BCUT2D eigenvalue weighted by Gasteiger charge is -2.08. The highest BCUT2D eigenvalue weighted by Crippen LogP contribution is 2.31. The number of phenolic OH excluding ortho intramolecular Hbond substituents is 1. The second kappa shape index (κ2) is 7.09. The first kappa shape index (κ1) is 17.1. The van der Waals surface area contributed by atoms with Crippen LogP contribution in [0, 0.1) is 0 Å². The van der Waals surface area contributed by atoms with E-state index in [2.05, 4.69) is 21.4 Å². The number of nitrogens with zero attached hydrogens (tertiary/aromatic N) is 1. The summed E-state index contributed by atoms with van der Waals surface area (Å²) in [6.45, 7) is 0. The van der Waals surface area contributed by atoms with Crippen LogP contribution in [-0.4, -0.2) is 22.2 Å². The topological polar surface area (TPSA) is 75.2 Å². The molecule has 2 aromatic carbocycles. The number of nitrogens with one attached hydrogen (secondary N) is 1. The molecule has 5 nitrogen and oxygen atoms in total. The Bertz CT molecular complexity index is 1130. The van der Waals surface area contributed by atoms with Crippen LogP contribution >= 0.6 is 11.3 Å². The van der Waals surface area contributed by atoms with Crippen LogP contribution in [0.5, 0.6) is 11.5 Å². The van der Waals surface area contributed by atoms with Gasteiger partial charge in [0.1, 0.15) is 0 Å². The summed E-state index contributed by atoms with van der Waals surface area (Å²) >= 11 is 1.66. The summed E-state index contributed by atoms with van der Waals surface area (Å²) in [4.78, 5) is 18.9. The van der Waals surface area contributed by atoms with Crippen LogP contribution in [0.4, 0.5) is 0 Å². The Balaban J connectivity index is 1.73. The van der Waals surface area contributed by atoms with Crippen LogP contribution in [0.3, 0.4) is 0 Å². The zero-order valence-corrected chi connectivity index (χ0v) is 15.3. The predicted molar refractivity (Wildman–Crippen MR) is 107 cm³/mol. The first-order valence-corrected chi connectivity index (χ1v) is 9.20. The lowest BCUT2D eigenvalue weighted by molar-refractivity contribution is 0.373.